The molecular weight excluding hydrogens is 286 g/mol. The van der Waals surface area contributed by atoms with Gasteiger partial charge in [-0.3, -0.25) is 0 Å². The quantitative estimate of drug-likeness (QED) is 0.813. The largest absolute Gasteiger partial charge is 0.316 e. The first kappa shape index (κ1) is 16.7. The number of sulfone groups is 1. The van der Waals surface area contributed by atoms with Crippen molar-refractivity contribution in [3.05, 3.63) is 0 Å². The van der Waals surface area contributed by atoms with Gasteiger partial charge in [0.15, 0.2) is 0 Å². The summed E-state index contributed by atoms with van der Waals surface area (Å²) in [6.07, 6.45) is 3.02. The fourth-order valence-electron chi connectivity index (χ4n) is 2.10. The number of hydrogen-bond acceptors (Lipinski definition) is 5. The average Bonchev–Trinajstić information content (AvgIpc) is 2.27. The first-order valence-corrected chi connectivity index (χ1v) is 10.5. The van der Waals surface area contributed by atoms with Crippen LogP contribution in [0.3, 0.4) is 0 Å². The van der Waals surface area contributed by atoms with E-state index in [2.05, 4.69) is 30.9 Å². The lowest BCUT2D eigenvalue weighted by Crippen LogP contribution is -2.41. The lowest BCUT2D eigenvalue weighted by atomic mass is 10.1. The van der Waals surface area contributed by atoms with Crippen molar-refractivity contribution in [1.29, 1.82) is 0 Å². The van der Waals surface area contributed by atoms with Gasteiger partial charge in [0.2, 0.25) is 0 Å². The highest BCUT2D eigenvalue weighted by molar-refractivity contribution is 8.07. The molecule has 1 saturated heterocycles. The molecule has 4 atom stereocenters. The molecule has 18 heavy (non-hydrogen) atoms. The minimum absolute atomic E-state index is 0.307. The van der Waals surface area contributed by atoms with Gasteiger partial charge >= 0.3 is 0 Å². The monoisotopic (exact) mass is 311 g/mol. The molecule has 0 aromatic carbocycles. The van der Waals surface area contributed by atoms with E-state index in [1.54, 1.807) is 0 Å². The van der Waals surface area contributed by atoms with E-state index in [1.807, 2.05) is 18.8 Å². The van der Waals surface area contributed by atoms with Gasteiger partial charge in [-0.1, -0.05) is 13.8 Å². The number of hydrogen-bond donors (Lipinski definition) is 1. The summed E-state index contributed by atoms with van der Waals surface area (Å²) < 4.78 is 22.3. The summed E-state index contributed by atoms with van der Waals surface area (Å²) in [5, 5.41) is 5.37. The second-order valence-electron chi connectivity index (χ2n) is 5.09. The van der Waals surface area contributed by atoms with Gasteiger partial charge < -0.3 is 5.32 Å². The first-order chi connectivity index (χ1) is 8.33. The summed E-state index contributed by atoms with van der Waals surface area (Å²) in [6.45, 7) is 4.58. The van der Waals surface area contributed by atoms with Crippen LogP contribution in [0.4, 0.5) is 0 Å². The third kappa shape index (κ3) is 5.72. The summed E-state index contributed by atoms with van der Waals surface area (Å²) >= 11 is 4.09. The molecule has 1 rings (SSSR count). The summed E-state index contributed by atoms with van der Waals surface area (Å²) in [6, 6.07) is 0.430. The Hall–Kier alpha value is 0.610. The van der Waals surface area contributed by atoms with Crippen molar-refractivity contribution in [2.75, 3.05) is 24.8 Å². The third-order valence-electron chi connectivity index (χ3n) is 3.42. The van der Waals surface area contributed by atoms with Gasteiger partial charge in [0.1, 0.15) is 9.84 Å². The Labute approximate surface area is 120 Å². The van der Waals surface area contributed by atoms with Crippen LogP contribution in [-0.4, -0.2) is 55.0 Å². The average molecular weight is 312 g/mol. The van der Waals surface area contributed by atoms with E-state index in [9.17, 15) is 8.42 Å². The molecule has 1 aliphatic heterocycles. The highest BCUT2D eigenvalue weighted by Gasteiger charge is 2.30. The molecule has 6 heteroatoms. The fourth-order valence-corrected chi connectivity index (χ4v) is 6.00. The summed E-state index contributed by atoms with van der Waals surface area (Å²) in [5.74, 6) is 1.47. The summed E-state index contributed by atoms with van der Waals surface area (Å²) in [4.78, 5) is 0. The molecule has 0 saturated carbocycles. The molecule has 0 radical (unpaired) electrons. The maximum atomic E-state index is 11.1. The lowest BCUT2D eigenvalue weighted by molar-refractivity contribution is 0.510. The zero-order valence-corrected chi connectivity index (χ0v) is 14.1. The number of rotatable bonds is 6. The van der Waals surface area contributed by atoms with Crippen molar-refractivity contribution in [3.8, 4) is 0 Å². The normalized spacial score (nSPS) is 31.2. The zero-order chi connectivity index (χ0) is 13.8. The van der Waals surface area contributed by atoms with Crippen molar-refractivity contribution >= 4 is 33.4 Å². The fraction of sp³-hybridized carbons (Fsp3) is 1.00. The van der Waals surface area contributed by atoms with Gasteiger partial charge in [-0.2, -0.15) is 23.5 Å². The van der Waals surface area contributed by atoms with E-state index >= 15 is 0 Å². The highest BCUT2D eigenvalue weighted by atomic mass is 32.2. The zero-order valence-electron chi connectivity index (χ0n) is 11.7. The predicted molar refractivity (Wildman–Crippen MR) is 84.6 cm³/mol. The Balaban J connectivity index is 2.41. The SMILES string of the molecule is CNC(CCCS(C)(=O)=O)C1CSC(C)C(C)S1. The molecule has 0 spiro atoms. The maximum Gasteiger partial charge on any atom is 0.147 e. The second kappa shape index (κ2) is 7.41. The van der Waals surface area contributed by atoms with Crippen LogP contribution in [0.2, 0.25) is 0 Å². The van der Waals surface area contributed by atoms with E-state index in [-0.39, 0.29) is 0 Å². The van der Waals surface area contributed by atoms with E-state index in [0.717, 1.165) is 18.1 Å². The second-order valence-corrected chi connectivity index (χ2v) is 10.4. The Morgan fingerprint density at radius 1 is 1.33 bits per heavy atom. The van der Waals surface area contributed by atoms with Gasteiger partial charge in [0.25, 0.3) is 0 Å². The molecule has 1 aliphatic rings. The lowest BCUT2D eigenvalue weighted by Gasteiger charge is -2.35. The molecule has 0 bridgehead atoms. The molecule has 0 amide bonds. The molecule has 108 valence electrons. The van der Waals surface area contributed by atoms with E-state index in [1.165, 1.54) is 12.0 Å². The predicted octanol–water partition coefficient (Wildman–Crippen LogP) is 2.02. The molecular formula is C12H25NO2S3. The van der Waals surface area contributed by atoms with Crippen LogP contribution in [0.25, 0.3) is 0 Å². The van der Waals surface area contributed by atoms with Gasteiger partial charge in [-0.05, 0) is 19.9 Å². The number of thioether (sulfide) groups is 2. The molecule has 1 fully saturated rings. The minimum Gasteiger partial charge on any atom is -0.316 e. The van der Waals surface area contributed by atoms with Crippen LogP contribution in [0, 0.1) is 0 Å². The van der Waals surface area contributed by atoms with E-state index in [4.69, 9.17) is 0 Å². The van der Waals surface area contributed by atoms with Crippen LogP contribution in [0.15, 0.2) is 0 Å². The van der Waals surface area contributed by atoms with Crippen LogP contribution < -0.4 is 5.32 Å². The molecule has 1 N–H and O–H groups in total. The Kier molecular flexibility index (Phi) is 6.86. The molecule has 4 unspecified atom stereocenters. The van der Waals surface area contributed by atoms with E-state index < -0.39 is 9.84 Å². The maximum absolute atomic E-state index is 11.1. The molecule has 3 nitrogen and oxygen atoms in total. The minimum atomic E-state index is -2.82. The standard InChI is InChI=1S/C12H25NO2S3/c1-9-10(2)17-12(8-16-9)11(13-3)6-5-7-18(4,14)15/h9-13H,5-8H2,1-4H3. The van der Waals surface area contributed by atoms with Gasteiger partial charge in [-0.25, -0.2) is 8.42 Å². The smallest absolute Gasteiger partial charge is 0.147 e. The van der Waals surface area contributed by atoms with E-state index in [0.29, 0.717) is 22.3 Å². The van der Waals surface area contributed by atoms with Crippen LogP contribution in [0.1, 0.15) is 26.7 Å². The van der Waals surface area contributed by atoms with Gasteiger partial charge in [0, 0.05) is 39.6 Å². The Morgan fingerprint density at radius 3 is 2.50 bits per heavy atom. The van der Waals surface area contributed by atoms with Crippen molar-refractivity contribution < 1.29 is 8.42 Å². The van der Waals surface area contributed by atoms with Crippen LogP contribution >= 0.6 is 23.5 Å². The van der Waals surface area contributed by atoms with Gasteiger partial charge in [0.05, 0.1) is 0 Å². The highest BCUT2D eigenvalue weighted by Crippen LogP contribution is 2.37. The summed E-state index contributed by atoms with van der Waals surface area (Å²) in [5.41, 5.74) is 0. The molecule has 1 heterocycles. The van der Waals surface area contributed by atoms with Crippen molar-refractivity contribution in [2.24, 2.45) is 0 Å². The third-order valence-corrected chi connectivity index (χ3v) is 8.01. The van der Waals surface area contributed by atoms with Crippen LogP contribution in [-0.2, 0) is 9.84 Å². The molecule has 0 aromatic rings. The Morgan fingerprint density at radius 2 is 2.00 bits per heavy atom. The van der Waals surface area contributed by atoms with Crippen molar-refractivity contribution in [2.45, 2.75) is 48.5 Å². The van der Waals surface area contributed by atoms with Crippen molar-refractivity contribution in [3.63, 3.8) is 0 Å². The molecule has 0 aliphatic carbocycles. The Bertz CT molecular complexity index is 345. The topological polar surface area (TPSA) is 46.2 Å². The molecule has 0 aromatic heterocycles. The summed E-state index contributed by atoms with van der Waals surface area (Å²) in [7, 11) is -0.833. The van der Waals surface area contributed by atoms with Crippen molar-refractivity contribution in [1.82, 2.24) is 5.32 Å². The number of nitrogens with one attached hydrogen (secondary N) is 1. The first-order valence-electron chi connectivity index (χ1n) is 6.45. The van der Waals surface area contributed by atoms with Gasteiger partial charge in [-0.15, -0.1) is 0 Å². The van der Waals surface area contributed by atoms with Crippen LogP contribution in [0.5, 0.6) is 0 Å².